The summed E-state index contributed by atoms with van der Waals surface area (Å²) < 4.78 is 10.4. The molecule has 0 radical (unpaired) electrons. The van der Waals surface area contributed by atoms with Crippen molar-refractivity contribution in [1.29, 1.82) is 0 Å². The van der Waals surface area contributed by atoms with Gasteiger partial charge in [0.2, 0.25) is 5.88 Å². The summed E-state index contributed by atoms with van der Waals surface area (Å²) in [6, 6.07) is 3.41. The Balaban J connectivity index is 2.57. The van der Waals surface area contributed by atoms with Crippen LogP contribution in [-0.2, 0) is 4.74 Å². The van der Waals surface area contributed by atoms with Gasteiger partial charge >= 0.3 is 0 Å². The van der Waals surface area contributed by atoms with Crippen LogP contribution in [0, 0.1) is 0 Å². The van der Waals surface area contributed by atoms with Gasteiger partial charge < -0.3 is 14.4 Å². The van der Waals surface area contributed by atoms with Crippen molar-refractivity contribution in [2.24, 2.45) is 0 Å². The minimum absolute atomic E-state index is 0.123. The first-order valence-electron chi connectivity index (χ1n) is 5.59. The monoisotopic (exact) mass is 316 g/mol. The molecule has 0 saturated carbocycles. The largest absolute Gasteiger partial charge is 0.480 e. The molecule has 6 heteroatoms. The first-order valence-corrected chi connectivity index (χ1v) is 6.71. The van der Waals surface area contributed by atoms with Crippen LogP contribution >= 0.6 is 15.9 Å². The number of rotatable bonds is 7. The topological polar surface area (TPSA) is 51.7 Å². The van der Waals surface area contributed by atoms with Gasteiger partial charge in [0.15, 0.2) is 0 Å². The third-order valence-electron chi connectivity index (χ3n) is 2.33. The Bertz CT molecular complexity index is 387. The molecule has 5 nitrogen and oxygen atoms in total. The molecule has 1 heterocycles. The van der Waals surface area contributed by atoms with Crippen molar-refractivity contribution in [1.82, 2.24) is 9.88 Å². The summed E-state index contributed by atoms with van der Waals surface area (Å²) in [5.74, 6) is 0.220. The molecule has 0 spiro atoms. The van der Waals surface area contributed by atoms with E-state index in [0.29, 0.717) is 31.2 Å². The molecule has 1 amide bonds. The third-order valence-corrected chi connectivity index (χ3v) is 2.66. The van der Waals surface area contributed by atoms with Gasteiger partial charge in [0.25, 0.3) is 5.91 Å². The number of methoxy groups -OCH3 is 1. The van der Waals surface area contributed by atoms with E-state index >= 15 is 0 Å². The van der Waals surface area contributed by atoms with Gasteiger partial charge in [-0.05, 0) is 12.1 Å². The van der Waals surface area contributed by atoms with Crippen LogP contribution in [0.25, 0.3) is 0 Å². The Morgan fingerprint density at radius 3 is 2.94 bits per heavy atom. The van der Waals surface area contributed by atoms with Crippen molar-refractivity contribution in [3.63, 3.8) is 0 Å². The molecule has 0 bridgehead atoms. The summed E-state index contributed by atoms with van der Waals surface area (Å²) in [5.41, 5.74) is 0.461. The van der Waals surface area contributed by atoms with Crippen LogP contribution in [0.5, 0.6) is 5.88 Å². The van der Waals surface area contributed by atoms with Gasteiger partial charge in [-0.25, -0.2) is 4.98 Å². The molecule has 0 N–H and O–H groups in total. The minimum Gasteiger partial charge on any atom is -0.480 e. The summed E-state index contributed by atoms with van der Waals surface area (Å²) in [7, 11) is 3.23. The molecule has 0 saturated heterocycles. The molecular formula is C12H17BrN2O3. The molecule has 0 aliphatic carbocycles. The number of amides is 1. The van der Waals surface area contributed by atoms with Crippen LogP contribution in [-0.4, -0.2) is 55.0 Å². The highest BCUT2D eigenvalue weighted by molar-refractivity contribution is 9.09. The van der Waals surface area contributed by atoms with E-state index in [2.05, 4.69) is 20.9 Å². The van der Waals surface area contributed by atoms with Crippen molar-refractivity contribution >= 4 is 21.8 Å². The molecule has 100 valence electrons. The molecule has 0 unspecified atom stereocenters. The smallest absolute Gasteiger partial charge is 0.259 e. The maximum Gasteiger partial charge on any atom is 0.259 e. The average molecular weight is 317 g/mol. The fourth-order valence-corrected chi connectivity index (χ4v) is 1.61. The van der Waals surface area contributed by atoms with E-state index in [1.807, 2.05) is 0 Å². The highest BCUT2D eigenvalue weighted by atomic mass is 79.9. The Hall–Kier alpha value is -1.14. The fourth-order valence-electron chi connectivity index (χ4n) is 1.38. The van der Waals surface area contributed by atoms with E-state index in [-0.39, 0.29) is 5.91 Å². The molecule has 1 rings (SSSR count). The van der Waals surface area contributed by atoms with Crippen molar-refractivity contribution < 1.29 is 14.3 Å². The molecule has 1 aromatic rings. The van der Waals surface area contributed by atoms with Gasteiger partial charge in [-0.2, -0.15) is 0 Å². The SMILES string of the molecule is COc1ncccc1C(=O)N(C)CCOCCBr. The molecule has 0 fully saturated rings. The number of aromatic nitrogens is 1. The van der Waals surface area contributed by atoms with Crippen LogP contribution in [0.1, 0.15) is 10.4 Å². The highest BCUT2D eigenvalue weighted by Crippen LogP contribution is 2.15. The standard InChI is InChI=1S/C12H17BrN2O3/c1-15(7-9-18-8-5-13)12(16)10-4-3-6-14-11(10)17-2/h3-4,6H,5,7-9H2,1-2H3. The number of nitrogens with zero attached hydrogens (tertiary/aromatic N) is 2. The summed E-state index contributed by atoms with van der Waals surface area (Å²) in [6.07, 6.45) is 1.59. The van der Waals surface area contributed by atoms with Crippen molar-refractivity contribution in [3.05, 3.63) is 23.9 Å². The normalized spacial score (nSPS) is 10.2. The second-order valence-electron chi connectivity index (χ2n) is 3.59. The first kappa shape index (κ1) is 14.9. The second-order valence-corrected chi connectivity index (χ2v) is 4.38. The lowest BCUT2D eigenvalue weighted by Gasteiger charge is -2.17. The van der Waals surface area contributed by atoms with Crippen LogP contribution < -0.4 is 4.74 Å². The number of pyridine rings is 1. The summed E-state index contributed by atoms with van der Waals surface area (Å²) in [6.45, 7) is 1.68. The lowest BCUT2D eigenvalue weighted by atomic mass is 10.2. The zero-order chi connectivity index (χ0) is 13.4. The minimum atomic E-state index is -0.123. The fraction of sp³-hybridized carbons (Fsp3) is 0.500. The molecule has 0 aliphatic rings. The highest BCUT2D eigenvalue weighted by Gasteiger charge is 2.16. The number of hydrogen-bond donors (Lipinski definition) is 0. The van der Waals surface area contributed by atoms with Crippen molar-refractivity contribution in [2.75, 3.05) is 39.2 Å². The van der Waals surface area contributed by atoms with Gasteiger partial charge in [-0.3, -0.25) is 4.79 Å². The number of carbonyl (C=O) groups is 1. The Morgan fingerprint density at radius 2 is 2.28 bits per heavy atom. The number of alkyl halides is 1. The summed E-state index contributed by atoms with van der Waals surface area (Å²) >= 11 is 3.27. The van der Waals surface area contributed by atoms with Gasteiger partial charge in [0.05, 0.1) is 20.3 Å². The maximum atomic E-state index is 12.1. The van der Waals surface area contributed by atoms with E-state index in [9.17, 15) is 4.79 Å². The lowest BCUT2D eigenvalue weighted by Crippen LogP contribution is -2.30. The molecule has 1 aromatic heterocycles. The zero-order valence-corrected chi connectivity index (χ0v) is 12.1. The second kappa shape index (κ2) is 8.05. The number of carbonyl (C=O) groups excluding carboxylic acids is 1. The Labute approximate surface area is 115 Å². The van der Waals surface area contributed by atoms with Crippen molar-refractivity contribution in [3.8, 4) is 5.88 Å². The number of likely N-dealkylation sites (N-methyl/N-ethyl adjacent to an activating group) is 1. The van der Waals surface area contributed by atoms with E-state index in [1.54, 1.807) is 30.3 Å². The summed E-state index contributed by atoms with van der Waals surface area (Å²) in [4.78, 5) is 17.7. The number of hydrogen-bond acceptors (Lipinski definition) is 4. The van der Waals surface area contributed by atoms with E-state index in [1.165, 1.54) is 7.11 Å². The number of halogens is 1. The quantitative estimate of drug-likeness (QED) is 0.566. The van der Waals surface area contributed by atoms with Crippen LogP contribution in [0.3, 0.4) is 0 Å². The predicted molar refractivity (Wildman–Crippen MR) is 72.4 cm³/mol. The Morgan fingerprint density at radius 1 is 1.50 bits per heavy atom. The molecule has 18 heavy (non-hydrogen) atoms. The first-order chi connectivity index (χ1) is 8.70. The van der Waals surface area contributed by atoms with Gasteiger partial charge in [0, 0.05) is 25.1 Å². The number of ether oxygens (including phenoxy) is 2. The molecule has 0 atom stereocenters. The predicted octanol–water partition coefficient (Wildman–Crippen LogP) is 1.57. The molecule has 0 aromatic carbocycles. The van der Waals surface area contributed by atoms with Crippen LogP contribution in [0.15, 0.2) is 18.3 Å². The van der Waals surface area contributed by atoms with Crippen molar-refractivity contribution in [2.45, 2.75) is 0 Å². The van der Waals surface area contributed by atoms with E-state index in [0.717, 1.165) is 5.33 Å². The summed E-state index contributed by atoms with van der Waals surface area (Å²) in [5, 5.41) is 0.793. The van der Waals surface area contributed by atoms with Gasteiger partial charge in [0.1, 0.15) is 5.56 Å². The van der Waals surface area contributed by atoms with Crippen LogP contribution in [0.2, 0.25) is 0 Å². The van der Waals surface area contributed by atoms with E-state index < -0.39 is 0 Å². The third kappa shape index (κ3) is 4.27. The van der Waals surface area contributed by atoms with Gasteiger partial charge in [-0.15, -0.1) is 0 Å². The Kier molecular flexibility index (Phi) is 6.67. The zero-order valence-electron chi connectivity index (χ0n) is 10.6. The lowest BCUT2D eigenvalue weighted by molar-refractivity contribution is 0.0709. The average Bonchev–Trinajstić information content (AvgIpc) is 2.42. The molecule has 0 aliphatic heterocycles. The molecular weight excluding hydrogens is 300 g/mol. The van der Waals surface area contributed by atoms with Gasteiger partial charge in [-0.1, -0.05) is 15.9 Å². The maximum absolute atomic E-state index is 12.1. The van der Waals surface area contributed by atoms with E-state index in [4.69, 9.17) is 9.47 Å². The van der Waals surface area contributed by atoms with Crippen LogP contribution in [0.4, 0.5) is 0 Å².